The number of ketones is 1. The predicted octanol–water partition coefficient (Wildman–Crippen LogP) is 3.53. The Kier molecular flexibility index (Phi) is 5.75. The van der Waals surface area contributed by atoms with Crippen LogP contribution in [0.25, 0.3) is 0 Å². The van der Waals surface area contributed by atoms with Crippen molar-refractivity contribution in [1.82, 2.24) is 14.4 Å². The lowest BCUT2D eigenvalue weighted by Crippen LogP contribution is -2.36. The second-order valence-corrected chi connectivity index (χ2v) is 8.60. The average Bonchev–Trinajstić information content (AvgIpc) is 3.43. The number of carbonyl (C=O) groups is 4. The van der Waals surface area contributed by atoms with Gasteiger partial charge in [0.25, 0.3) is 0 Å². The third-order valence-corrected chi connectivity index (χ3v) is 6.32. The summed E-state index contributed by atoms with van der Waals surface area (Å²) < 4.78 is 15.1. The summed E-state index contributed by atoms with van der Waals surface area (Å²) in [6.45, 7) is 3.54. The van der Waals surface area contributed by atoms with E-state index in [4.69, 9.17) is 0 Å². The van der Waals surface area contributed by atoms with Crippen LogP contribution in [-0.2, 0) is 22.7 Å². The molecule has 32 heavy (non-hydrogen) atoms. The Morgan fingerprint density at radius 3 is 2.31 bits per heavy atom. The first kappa shape index (κ1) is 21.6. The Balaban J connectivity index is 1.51. The molecule has 0 unspecified atom stereocenters. The number of nitrogens with zero attached hydrogens (tertiary/aromatic N) is 3. The summed E-state index contributed by atoms with van der Waals surface area (Å²) in [5, 5.41) is 1.81. The van der Waals surface area contributed by atoms with Crippen molar-refractivity contribution in [2.75, 3.05) is 6.54 Å². The van der Waals surface area contributed by atoms with Gasteiger partial charge in [0, 0.05) is 28.4 Å². The van der Waals surface area contributed by atoms with Crippen molar-refractivity contribution in [3.05, 3.63) is 81.1 Å². The van der Waals surface area contributed by atoms with Gasteiger partial charge in [-0.05, 0) is 49.1 Å². The standard InChI is InChI=1S/C23H20FN3O4S/c1-14-10-19(15(2)25(14)11-16-5-7-17(24)8-6-16)20(28)13-27-22(30)21(29)26(23(27)31)12-18-4-3-9-32-18/h3-10H,11-13H2,1-2H3. The molecule has 1 aliphatic rings. The predicted molar refractivity (Wildman–Crippen MR) is 116 cm³/mol. The number of imide groups is 2. The smallest absolute Gasteiger partial charge is 0.335 e. The minimum Gasteiger partial charge on any atom is -0.344 e. The number of carbonyl (C=O) groups excluding carboxylic acids is 4. The molecule has 0 saturated carbocycles. The van der Waals surface area contributed by atoms with Crippen LogP contribution >= 0.6 is 11.3 Å². The lowest BCUT2D eigenvalue weighted by molar-refractivity contribution is -0.143. The SMILES string of the molecule is Cc1cc(C(=O)CN2C(=O)C(=O)N(Cc3cccs3)C2=O)c(C)n1Cc1ccc(F)cc1. The zero-order chi connectivity index (χ0) is 23.0. The van der Waals surface area contributed by atoms with Gasteiger partial charge in [-0.2, -0.15) is 0 Å². The third-order valence-electron chi connectivity index (χ3n) is 5.46. The van der Waals surface area contributed by atoms with Crippen molar-refractivity contribution < 1.29 is 23.6 Å². The molecule has 2 aromatic heterocycles. The third kappa shape index (κ3) is 3.99. The first-order valence-corrected chi connectivity index (χ1v) is 10.8. The molecule has 0 spiro atoms. The summed E-state index contributed by atoms with van der Waals surface area (Å²) in [6.07, 6.45) is 0. The highest BCUT2D eigenvalue weighted by Crippen LogP contribution is 2.22. The van der Waals surface area contributed by atoms with E-state index >= 15 is 0 Å². The number of aryl methyl sites for hydroxylation is 1. The Morgan fingerprint density at radius 2 is 1.66 bits per heavy atom. The molecular weight excluding hydrogens is 433 g/mol. The number of rotatable bonds is 7. The molecule has 1 aliphatic heterocycles. The molecule has 4 amide bonds. The van der Waals surface area contributed by atoms with Crippen LogP contribution in [0, 0.1) is 19.7 Å². The van der Waals surface area contributed by atoms with E-state index in [1.807, 2.05) is 16.9 Å². The van der Waals surface area contributed by atoms with Crippen LogP contribution in [0.15, 0.2) is 47.8 Å². The first-order chi connectivity index (χ1) is 15.3. The normalized spacial score (nSPS) is 14.0. The number of hydrogen-bond donors (Lipinski definition) is 0. The fourth-order valence-electron chi connectivity index (χ4n) is 3.72. The Hall–Kier alpha value is -3.59. The van der Waals surface area contributed by atoms with Gasteiger partial charge in [-0.15, -0.1) is 11.3 Å². The lowest BCUT2D eigenvalue weighted by Gasteiger charge is -2.14. The van der Waals surface area contributed by atoms with Crippen LogP contribution in [0.4, 0.5) is 9.18 Å². The molecule has 1 aromatic carbocycles. The number of hydrogen-bond acceptors (Lipinski definition) is 5. The minimum atomic E-state index is -1.000. The second-order valence-electron chi connectivity index (χ2n) is 7.57. The first-order valence-electron chi connectivity index (χ1n) is 9.90. The van der Waals surface area contributed by atoms with Crippen molar-refractivity contribution >= 4 is 35.0 Å². The van der Waals surface area contributed by atoms with Gasteiger partial charge in [0.05, 0.1) is 13.1 Å². The van der Waals surface area contributed by atoms with Gasteiger partial charge in [-0.1, -0.05) is 18.2 Å². The molecule has 0 N–H and O–H groups in total. The number of amides is 4. The van der Waals surface area contributed by atoms with Crippen LogP contribution in [0.1, 0.15) is 32.2 Å². The van der Waals surface area contributed by atoms with E-state index in [0.29, 0.717) is 22.7 Å². The summed E-state index contributed by atoms with van der Waals surface area (Å²) in [4.78, 5) is 52.6. The summed E-state index contributed by atoms with van der Waals surface area (Å²) in [7, 11) is 0. The maximum absolute atomic E-state index is 13.2. The van der Waals surface area contributed by atoms with Gasteiger partial charge < -0.3 is 4.57 Å². The molecule has 9 heteroatoms. The van der Waals surface area contributed by atoms with E-state index in [9.17, 15) is 23.6 Å². The van der Waals surface area contributed by atoms with Crippen LogP contribution in [0.3, 0.4) is 0 Å². The summed E-state index contributed by atoms with van der Waals surface area (Å²) in [5.41, 5.74) is 2.71. The largest absolute Gasteiger partial charge is 0.344 e. The van der Waals surface area contributed by atoms with Crippen molar-refractivity contribution in [3.63, 3.8) is 0 Å². The quantitative estimate of drug-likeness (QED) is 0.311. The number of thiophene rings is 1. The number of benzene rings is 1. The van der Waals surface area contributed by atoms with Crippen molar-refractivity contribution in [2.45, 2.75) is 26.9 Å². The molecular formula is C23H20FN3O4S. The van der Waals surface area contributed by atoms with E-state index in [1.165, 1.54) is 23.5 Å². The molecule has 0 radical (unpaired) electrons. The van der Waals surface area contributed by atoms with E-state index in [-0.39, 0.29) is 12.4 Å². The van der Waals surface area contributed by atoms with Gasteiger partial charge >= 0.3 is 17.8 Å². The number of halogens is 1. The summed E-state index contributed by atoms with van der Waals surface area (Å²) >= 11 is 1.37. The highest BCUT2D eigenvalue weighted by Gasteiger charge is 2.45. The van der Waals surface area contributed by atoms with E-state index in [1.54, 1.807) is 37.3 Å². The van der Waals surface area contributed by atoms with Crippen molar-refractivity contribution in [2.24, 2.45) is 0 Å². The topological polar surface area (TPSA) is 79.7 Å². The van der Waals surface area contributed by atoms with Crippen LogP contribution in [0.2, 0.25) is 0 Å². The minimum absolute atomic E-state index is 0.00204. The maximum atomic E-state index is 13.2. The molecule has 0 bridgehead atoms. The van der Waals surface area contributed by atoms with E-state index in [0.717, 1.165) is 21.0 Å². The molecule has 4 rings (SSSR count). The number of aromatic nitrogens is 1. The maximum Gasteiger partial charge on any atom is 0.335 e. The van der Waals surface area contributed by atoms with Crippen LogP contribution in [-0.4, -0.2) is 44.5 Å². The Bertz CT molecular complexity index is 1210. The zero-order valence-corrected chi connectivity index (χ0v) is 18.3. The van der Waals surface area contributed by atoms with Crippen molar-refractivity contribution in [1.29, 1.82) is 0 Å². The van der Waals surface area contributed by atoms with Gasteiger partial charge in [-0.3, -0.25) is 19.3 Å². The number of urea groups is 1. The molecule has 0 atom stereocenters. The zero-order valence-electron chi connectivity index (χ0n) is 17.5. The molecule has 3 heterocycles. The molecule has 3 aromatic rings. The van der Waals surface area contributed by atoms with Crippen LogP contribution < -0.4 is 0 Å². The van der Waals surface area contributed by atoms with Gasteiger partial charge in [0.1, 0.15) is 5.82 Å². The summed E-state index contributed by atoms with van der Waals surface area (Å²) in [5.74, 6) is -2.69. The highest BCUT2D eigenvalue weighted by atomic mass is 32.1. The number of Topliss-reactive ketones (excluding diaryl/α,β-unsaturated/α-hetero) is 1. The molecule has 164 valence electrons. The molecule has 1 saturated heterocycles. The fraction of sp³-hybridized carbons (Fsp3) is 0.217. The van der Waals surface area contributed by atoms with Crippen molar-refractivity contribution in [3.8, 4) is 0 Å². The molecule has 0 aliphatic carbocycles. The monoisotopic (exact) mass is 453 g/mol. The Labute approximate surface area is 187 Å². The van der Waals surface area contributed by atoms with E-state index < -0.39 is 30.2 Å². The molecule has 1 fully saturated rings. The fourth-order valence-corrected chi connectivity index (χ4v) is 4.41. The molecule has 7 nitrogen and oxygen atoms in total. The Morgan fingerprint density at radius 1 is 0.969 bits per heavy atom. The van der Waals surface area contributed by atoms with Gasteiger partial charge in [0.15, 0.2) is 5.78 Å². The second kappa shape index (κ2) is 8.51. The van der Waals surface area contributed by atoms with E-state index in [2.05, 4.69) is 0 Å². The lowest BCUT2D eigenvalue weighted by atomic mass is 10.1. The highest BCUT2D eigenvalue weighted by molar-refractivity contribution is 7.09. The van der Waals surface area contributed by atoms with Crippen LogP contribution in [0.5, 0.6) is 0 Å². The van der Waals surface area contributed by atoms with Gasteiger partial charge in [-0.25, -0.2) is 14.1 Å². The summed E-state index contributed by atoms with van der Waals surface area (Å²) in [6, 6.07) is 10.5. The van der Waals surface area contributed by atoms with Gasteiger partial charge in [0.2, 0.25) is 0 Å². The average molecular weight is 453 g/mol.